The van der Waals surface area contributed by atoms with Gasteiger partial charge in [0.05, 0.1) is 0 Å². The number of ketones is 2. The van der Waals surface area contributed by atoms with Gasteiger partial charge in [-0.3, -0.25) is 9.59 Å². The summed E-state index contributed by atoms with van der Waals surface area (Å²) in [6.45, 7) is 4.14. The van der Waals surface area contributed by atoms with Gasteiger partial charge in [0.2, 0.25) is 11.6 Å². The first kappa shape index (κ1) is 16.6. The van der Waals surface area contributed by atoms with E-state index >= 15 is 0 Å². The molecule has 1 aliphatic carbocycles. The number of benzene rings is 4. The summed E-state index contributed by atoms with van der Waals surface area (Å²) in [6.07, 6.45) is 0. The Morgan fingerprint density at radius 3 is 1.32 bits per heavy atom. The van der Waals surface area contributed by atoms with Gasteiger partial charge < -0.3 is 0 Å². The van der Waals surface area contributed by atoms with Gasteiger partial charge in [0.25, 0.3) is 0 Å². The van der Waals surface area contributed by atoms with Gasteiger partial charge in [-0.15, -0.1) is 0 Å². The van der Waals surface area contributed by atoms with Gasteiger partial charge in [-0.1, -0.05) is 71.8 Å². The fourth-order valence-corrected chi connectivity index (χ4v) is 4.22. The molecule has 4 aromatic rings. The third-order valence-electron chi connectivity index (χ3n) is 5.51. The molecule has 0 aliphatic heterocycles. The van der Waals surface area contributed by atoms with Crippen molar-refractivity contribution in [3.8, 4) is 22.3 Å². The minimum atomic E-state index is -0.405. The second kappa shape index (κ2) is 6.00. The molecule has 0 unspecified atom stereocenters. The number of carbonyl (C=O) groups excluding carboxylic acids is 2. The number of carbonyl (C=O) groups is 2. The van der Waals surface area contributed by atoms with Crippen LogP contribution in [0.1, 0.15) is 31.8 Å². The van der Waals surface area contributed by atoms with E-state index in [0.29, 0.717) is 11.1 Å². The first-order chi connectivity index (χ1) is 13.5. The Kier molecular flexibility index (Phi) is 3.56. The zero-order valence-corrected chi connectivity index (χ0v) is 15.7. The van der Waals surface area contributed by atoms with E-state index in [1.165, 1.54) is 11.1 Å². The van der Waals surface area contributed by atoms with E-state index in [2.05, 4.69) is 50.2 Å². The molecule has 1 aliphatic rings. The summed E-state index contributed by atoms with van der Waals surface area (Å²) in [5.41, 5.74) is 7.64. The van der Waals surface area contributed by atoms with E-state index in [4.69, 9.17) is 0 Å². The molecule has 0 saturated heterocycles. The highest BCUT2D eigenvalue weighted by Gasteiger charge is 2.32. The monoisotopic (exact) mass is 362 g/mol. The molecule has 134 valence electrons. The van der Waals surface area contributed by atoms with Crippen LogP contribution >= 0.6 is 0 Å². The maximum Gasteiger partial charge on any atom is 0.234 e. The molecule has 0 saturated carbocycles. The molecule has 0 atom stereocenters. The predicted molar refractivity (Wildman–Crippen MR) is 113 cm³/mol. The average molecular weight is 362 g/mol. The SMILES string of the molecule is Cc1cccc(-c2ccc3c4c(ccc(-c5cccc(C)c5)c24)C(=O)C3=O)c1. The van der Waals surface area contributed by atoms with E-state index in [0.717, 1.165) is 33.0 Å². The van der Waals surface area contributed by atoms with Crippen molar-refractivity contribution in [2.24, 2.45) is 0 Å². The Labute approximate surface area is 163 Å². The Morgan fingerprint density at radius 1 is 0.500 bits per heavy atom. The van der Waals surface area contributed by atoms with Gasteiger partial charge >= 0.3 is 0 Å². The summed E-state index contributed by atoms with van der Waals surface area (Å²) < 4.78 is 0. The van der Waals surface area contributed by atoms with Crippen molar-refractivity contribution in [2.45, 2.75) is 13.8 Å². The molecule has 2 nitrogen and oxygen atoms in total. The van der Waals surface area contributed by atoms with Crippen LogP contribution in [0, 0.1) is 13.8 Å². The van der Waals surface area contributed by atoms with Gasteiger partial charge in [0.1, 0.15) is 0 Å². The molecule has 0 fully saturated rings. The molecular formula is C26H18O2. The quantitative estimate of drug-likeness (QED) is 0.400. The number of hydrogen-bond donors (Lipinski definition) is 0. The van der Waals surface area contributed by atoms with E-state index in [1.807, 2.05) is 24.3 Å². The zero-order valence-electron chi connectivity index (χ0n) is 15.7. The Hall–Kier alpha value is -3.52. The van der Waals surface area contributed by atoms with Crippen molar-refractivity contribution in [3.05, 3.63) is 95.1 Å². The predicted octanol–water partition coefficient (Wildman–Crippen LogP) is 6.17. The first-order valence-electron chi connectivity index (χ1n) is 9.37. The third-order valence-corrected chi connectivity index (χ3v) is 5.51. The van der Waals surface area contributed by atoms with Gasteiger partial charge in [-0.25, -0.2) is 0 Å². The maximum atomic E-state index is 12.5. The molecule has 5 rings (SSSR count). The lowest BCUT2D eigenvalue weighted by Crippen LogP contribution is -2.05. The zero-order chi connectivity index (χ0) is 19.4. The van der Waals surface area contributed by atoms with E-state index in [1.54, 1.807) is 12.1 Å². The highest BCUT2D eigenvalue weighted by Crippen LogP contribution is 2.42. The summed E-state index contributed by atoms with van der Waals surface area (Å²) in [5.74, 6) is -0.811. The van der Waals surface area contributed by atoms with Crippen molar-refractivity contribution in [3.63, 3.8) is 0 Å². The number of rotatable bonds is 2. The van der Waals surface area contributed by atoms with Crippen molar-refractivity contribution < 1.29 is 9.59 Å². The molecule has 4 aromatic carbocycles. The van der Waals surface area contributed by atoms with Crippen LogP contribution in [0.5, 0.6) is 0 Å². The molecule has 0 amide bonds. The Bertz CT molecular complexity index is 1210. The minimum absolute atomic E-state index is 0.405. The van der Waals surface area contributed by atoms with Crippen molar-refractivity contribution in [1.82, 2.24) is 0 Å². The largest absolute Gasteiger partial charge is 0.285 e. The lowest BCUT2D eigenvalue weighted by atomic mass is 9.88. The van der Waals surface area contributed by atoms with Crippen LogP contribution in [0.15, 0.2) is 72.8 Å². The van der Waals surface area contributed by atoms with Crippen LogP contribution in [0.2, 0.25) is 0 Å². The second-order valence-corrected chi connectivity index (χ2v) is 7.47. The average Bonchev–Trinajstić information content (AvgIpc) is 2.94. The van der Waals surface area contributed by atoms with E-state index in [-0.39, 0.29) is 0 Å². The first-order valence-corrected chi connectivity index (χ1v) is 9.37. The third kappa shape index (κ3) is 2.35. The van der Waals surface area contributed by atoms with Gasteiger partial charge in [0, 0.05) is 16.5 Å². The summed E-state index contributed by atoms with van der Waals surface area (Å²) in [7, 11) is 0. The summed E-state index contributed by atoms with van der Waals surface area (Å²) in [6, 6.07) is 24.2. The molecule has 0 spiro atoms. The number of Topliss-reactive ketones (excluding diaryl/α,β-unsaturated/α-hetero) is 2. The Morgan fingerprint density at radius 2 is 0.893 bits per heavy atom. The molecule has 0 aromatic heterocycles. The minimum Gasteiger partial charge on any atom is -0.285 e. The van der Waals surface area contributed by atoms with Crippen LogP contribution in [-0.2, 0) is 0 Å². The van der Waals surface area contributed by atoms with E-state index in [9.17, 15) is 9.59 Å². The smallest absolute Gasteiger partial charge is 0.234 e. The summed E-state index contributed by atoms with van der Waals surface area (Å²) in [4.78, 5) is 25.1. The number of hydrogen-bond acceptors (Lipinski definition) is 2. The molecule has 0 heterocycles. The van der Waals surface area contributed by atoms with Crippen molar-refractivity contribution in [1.29, 1.82) is 0 Å². The fourth-order valence-electron chi connectivity index (χ4n) is 4.22. The summed E-state index contributed by atoms with van der Waals surface area (Å²) in [5, 5.41) is 1.76. The maximum absolute atomic E-state index is 12.5. The molecule has 0 radical (unpaired) electrons. The molecule has 2 heteroatoms. The van der Waals surface area contributed by atoms with Crippen LogP contribution in [0.25, 0.3) is 33.0 Å². The normalized spacial score (nSPS) is 12.8. The summed E-state index contributed by atoms with van der Waals surface area (Å²) >= 11 is 0. The van der Waals surface area contributed by atoms with Gasteiger partial charge in [0.15, 0.2) is 0 Å². The van der Waals surface area contributed by atoms with Crippen molar-refractivity contribution in [2.75, 3.05) is 0 Å². The highest BCUT2D eigenvalue weighted by molar-refractivity contribution is 6.57. The van der Waals surface area contributed by atoms with Crippen LogP contribution < -0.4 is 0 Å². The molecule has 0 N–H and O–H groups in total. The highest BCUT2D eigenvalue weighted by atomic mass is 16.2. The van der Waals surface area contributed by atoms with Crippen LogP contribution in [-0.4, -0.2) is 11.6 Å². The number of aryl methyl sites for hydroxylation is 2. The van der Waals surface area contributed by atoms with Crippen LogP contribution in [0.4, 0.5) is 0 Å². The molecule has 0 bridgehead atoms. The van der Waals surface area contributed by atoms with E-state index < -0.39 is 11.6 Å². The fraction of sp³-hybridized carbons (Fsp3) is 0.0769. The topological polar surface area (TPSA) is 34.1 Å². The van der Waals surface area contributed by atoms with Crippen molar-refractivity contribution >= 4 is 22.3 Å². The second-order valence-electron chi connectivity index (χ2n) is 7.47. The standard InChI is InChI=1S/C26H18O2/c1-15-5-3-7-17(13-15)19-9-11-21-24-22(26(28)25(21)27)12-10-20(23(19)24)18-8-4-6-16(2)14-18/h3-14H,1-2H3. The van der Waals surface area contributed by atoms with Gasteiger partial charge in [-0.2, -0.15) is 0 Å². The lowest BCUT2D eigenvalue weighted by molar-refractivity contribution is 0.0825. The van der Waals surface area contributed by atoms with Gasteiger partial charge in [-0.05, 0) is 53.6 Å². The Balaban J connectivity index is 1.95. The lowest BCUT2D eigenvalue weighted by Gasteiger charge is -2.14. The molecular weight excluding hydrogens is 344 g/mol. The molecule has 28 heavy (non-hydrogen) atoms. The van der Waals surface area contributed by atoms with Crippen LogP contribution in [0.3, 0.4) is 0 Å².